The van der Waals surface area contributed by atoms with Gasteiger partial charge in [0.1, 0.15) is 5.76 Å². The van der Waals surface area contributed by atoms with Crippen LogP contribution in [0.1, 0.15) is 33.5 Å². The van der Waals surface area contributed by atoms with Gasteiger partial charge < -0.3 is 9.73 Å². The maximum atomic E-state index is 5.31. The molecule has 0 fully saturated rings. The standard InChI is InChI=1S/C12H21NO/c1-10(9-13-12(2,3)4)8-11-6-5-7-14-11/h5-7,10,13H,8-9H2,1-4H3. The molecule has 1 heterocycles. The second kappa shape index (κ2) is 4.65. The van der Waals surface area contributed by atoms with E-state index >= 15 is 0 Å². The van der Waals surface area contributed by atoms with E-state index < -0.39 is 0 Å². The van der Waals surface area contributed by atoms with Crippen molar-refractivity contribution >= 4 is 0 Å². The average Bonchev–Trinajstić information content (AvgIpc) is 2.52. The normalized spacial score (nSPS) is 14.3. The highest BCUT2D eigenvalue weighted by atomic mass is 16.3. The average molecular weight is 195 g/mol. The van der Waals surface area contributed by atoms with Crippen LogP contribution in [0.3, 0.4) is 0 Å². The molecule has 2 nitrogen and oxygen atoms in total. The molecule has 0 saturated carbocycles. The summed E-state index contributed by atoms with van der Waals surface area (Å²) in [7, 11) is 0. The zero-order valence-corrected chi connectivity index (χ0v) is 9.63. The second-order valence-electron chi connectivity index (χ2n) is 5.02. The lowest BCUT2D eigenvalue weighted by molar-refractivity contribution is 0.367. The molecule has 1 atom stereocenters. The molecule has 0 amide bonds. The van der Waals surface area contributed by atoms with Crippen LogP contribution in [0.2, 0.25) is 0 Å². The van der Waals surface area contributed by atoms with E-state index in [2.05, 4.69) is 33.0 Å². The van der Waals surface area contributed by atoms with Crippen molar-refractivity contribution in [2.45, 2.75) is 39.7 Å². The Balaban J connectivity index is 2.26. The summed E-state index contributed by atoms with van der Waals surface area (Å²) < 4.78 is 5.31. The predicted molar refractivity (Wildman–Crippen MR) is 59.3 cm³/mol. The Hall–Kier alpha value is -0.760. The molecule has 1 unspecified atom stereocenters. The van der Waals surface area contributed by atoms with Gasteiger partial charge in [-0.05, 0) is 45.4 Å². The Morgan fingerprint density at radius 1 is 1.43 bits per heavy atom. The second-order valence-corrected chi connectivity index (χ2v) is 5.02. The first-order valence-electron chi connectivity index (χ1n) is 5.25. The van der Waals surface area contributed by atoms with E-state index in [0.717, 1.165) is 18.7 Å². The Morgan fingerprint density at radius 2 is 2.14 bits per heavy atom. The van der Waals surface area contributed by atoms with Gasteiger partial charge in [0.2, 0.25) is 0 Å². The van der Waals surface area contributed by atoms with Gasteiger partial charge in [-0.15, -0.1) is 0 Å². The van der Waals surface area contributed by atoms with Gasteiger partial charge in [0, 0.05) is 12.0 Å². The number of hydrogen-bond acceptors (Lipinski definition) is 2. The fraction of sp³-hybridized carbons (Fsp3) is 0.667. The van der Waals surface area contributed by atoms with Gasteiger partial charge >= 0.3 is 0 Å². The van der Waals surface area contributed by atoms with Crippen LogP contribution in [0.15, 0.2) is 22.8 Å². The molecule has 1 rings (SSSR count). The van der Waals surface area contributed by atoms with E-state index in [0.29, 0.717) is 5.92 Å². The van der Waals surface area contributed by atoms with Crippen LogP contribution in [0.25, 0.3) is 0 Å². The molecular formula is C12H21NO. The molecule has 1 N–H and O–H groups in total. The summed E-state index contributed by atoms with van der Waals surface area (Å²) in [5.74, 6) is 1.69. The molecule has 1 aromatic rings. The van der Waals surface area contributed by atoms with Crippen LogP contribution in [0, 0.1) is 5.92 Å². The molecule has 0 spiro atoms. The third kappa shape index (κ3) is 4.47. The summed E-state index contributed by atoms with van der Waals surface area (Å²) in [5.41, 5.74) is 0.206. The first-order chi connectivity index (χ1) is 6.47. The summed E-state index contributed by atoms with van der Waals surface area (Å²) in [6.45, 7) is 9.83. The van der Waals surface area contributed by atoms with Crippen molar-refractivity contribution in [1.29, 1.82) is 0 Å². The fourth-order valence-corrected chi connectivity index (χ4v) is 1.32. The summed E-state index contributed by atoms with van der Waals surface area (Å²) in [6.07, 6.45) is 2.75. The molecule has 2 heteroatoms. The van der Waals surface area contributed by atoms with Gasteiger partial charge in [-0.1, -0.05) is 6.92 Å². The highest BCUT2D eigenvalue weighted by Crippen LogP contribution is 2.09. The van der Waals surface area contributed by atoms with Gasteiger partial charge in [-0.3, -0.25) is 0 Å². The van der Waals surface area contributed by atoms with E-state index in [9.17, 15) is 0 Å². The number of furan rings is 1. The fourth-order valence-electron chi connectivity index (χ4n) is 1.32. The zero-order chi connectivity index (χ0) is 10.6. The monoisotopic (exact) mass is 195 g/mol. The Kier molecular flexibility index (Phi) is 3.76. The molecule has 0 aromatic carbocycles. The van der Waals surface area contributed by atoms with E-state index in [1.807, 2.05) is 12.1 Å². The molecule has 1 aromatic heterocycles. The van der Waals surface area contributed by atoms with Crippen molar-refractivity contribution in [3.05, 3.63) is 24.2 Å². The topological polar surface area (TPSA) is 25.2 Å². The van der Waals surface area contributed by atoms with Gasteiger partial charge in [0.25, 0.3) is 0 Å². The van der Waals surface area contributed by atoms with Crippen LogP contribution in [0.4, 0.5) is 0 Å². The lowest BCUT2D eigenvalue weighted by atomic mass is 10.0. The van der Waals surface area contributed by atoms with E-state index in [4.69, 9.17) is 4.42 Å². The quantitative estimate of drug-likeness (QED) is 0.799. The largest absolute Gasteiger partial charge is 0.469 e. The third-order valence-corrected chi connectivity index (χ3v) is 2.11. The first kappa shape index (κ1) is 11.3. The summed E-state index contributed by atoms with van der Waals surface area (Å²) in [6, 6.07) is 3.98. The van der Waals surface area contributed by atoms with Gasteiger partial charge in [0.05, 0.1) is 6.26 Å². The molecular weight excluding hydrogens is 174 g/mol. The molecule has 0 aliphatic heterocycles. The maximum Gasteiger partial charge on any atom is 0.104 e. The summed E-state index contributed by atoms with van der Waals surface area (Å²) >= 11 is 0. The van der Waals surface area contributed by atoms with Gasteiger partial charge in [-0.2, -0.15) is 0 Å². The lowest BCUT2D eigenvalue weighted by Gasteiger charge is -2.23. The van der Waals surface area contributed by atoms with Crippen molar-refractivity contribution in [3.63, 3.8) is 0 Å². The first-order valence-corrected chi connectivity index (χ1v) is 5.25. The highest BCUT2D eigenvalue weighted by molar-refractivity contribution is 4.99. The Labute approximate surface area is 86.7 Å². The van der Waals surface area contributed by atoms with E-state index in [1.165, 1.54) is 0 Å². The number of rotatable bonds is 4. The third-order valence-electron chi connectivity index (χ3n) is 2.11. The molecule has 0 saturated heterocycles. The van der Waals surface area contributed by atoms with Gasteiger partial charge in [0.15, 0.2) is 0 Å². The van der Waals surface area contributed by atoms with Crippen LogP contribution in [-0.2, 0) is 6.42 Å². The van der Waals surface area contributed by atoms with Crippen molar-refractivity contribution in [2.24, 2.45) is 5.92 Å². The SMILES string of the molecule is CC(CNC(C)(C)C)Cc1ccco1. The Morgan fingerprint density at radius 3 is 2.64 bits per heavy atom. The highest BCUT2D eigenvalue weighted by Gasteiger charge is 2.11. The van der Waals surface area contributed by atoms with Gasteiger partial charge in [-0.25, -0.2) is 0 Å². The predicted octanol–water partition coefficient (Wildman–Crippen LogP) is 2.85. The van der Waals surface area contributed by atoms with E-state index in [1.54, 1.807) is 6.26 Å². The van der Waals surface area contributed by atoms with E-state index in [-0.39, 0.29) is 5.54 Å². The lowest BCUT2D eigenvalue weighted by Crippen LogP contribution is -2.38. The summed E-state index contributed by atoms with van der Waals surface area (Å²) in [4.78, 5) is 0. The Bertz CT molecular complexity index is 246. The minimum Gasteiger partial charge on any atom is -0.469 e. The smallest absolute Gasteiger partial charge is 0.104 e. The van der Waals surface area contributed by atoms with Crippen molar-refractivity contribution < 1.29 is 4.42 Å². The molecule has 14 heavy (non-hydrogen) atoms. The zero-order valence-electron chi connectivity index (χ0n) is 9.63. The molecule has 0 aliphatic rings. The van der Waals surface area contributed by atoms with Crippen LogP contribution >= 0.6 is 0 Å². The van der Waals surface area contributed by atoms with Crippen molar-refractivity contribution in [3.8, 4) is 0 Å². The molecule has 80 valence electrons. The van der Waals surface area contributed by atoms with Crippen LogP contribution in [0.5, 0.6) is 0 Å². The number of hydrogen-bond donors (Lipinski definition) is 1. The molecule has 0 bridgehead atoms. The molecule has 0 aliphatic carbocycles. The minimum absolute atomic E-state index is 0.206. The summed E-state index contributed by atoms with van der Waals surface area (Å²) in [5, 5.41) is 3.49. The molecule has 0 radical (unpaired) electrons. The minimum atomic E-state index is 0.206. The van der Waals surface area contributed by atoms with Crippen molar-refractivity contribution in [1.82, 2.24) is 5.32 Å². The van der Waals surface area contributed by atoms with Crippen molar-refractivity contribution in [2.75, 3.05) is 6.54 Å². The van der Waals surface area contributed by atoms with Crippen LogP contribution < -0.4 is 5.32 Å². The maximum absolute atomic E-state index is 5.31. The number of nitrogens with one attached hydrogen (secondary N) is 1. The van der Waals surface area contributed by atoms with Crippen LogP contribution in [-0.4, -0.2) is 12.1 Å².